The Hall–Kier alpha value is -1.73. The molecular formula is C18H14BrClN2O2S. The van der Waals surface area contributed by atoms with Gasteiger partial charge in [0.05, 0.1) is 16.8 Å². The number of hydrogen-bond donors (Lipinski definition) is 1. The van der Waals surface area contributed by atoms with Gasteiger partial charge in [0.25, 0.3) is 0 Å². The zero-order valence-corrected chi connectivity index (χ0v) is 16.1. The van der Waals surface area contributed by atoms with E-state index in [-0.39, 0.29) is 9.92 Å². The highest BCUT2D eigenvalue weighted by atomic mass is 79.9. The van der Waals surface area contributed by atoms with E-state index in [4.69, 9.17) is 11.6 Å². The number of nitrogens with one attached hydrogen (secondary N) is 1. The largest absolute Gasteiger partial charge is 0.259 e. The average molecular weight is 438 g/mol. The van der Waals surface area contributed by atoms with Gasteiger partial charge in [-0.3, -0.25) is 4.98 Å². The fourth-order valence-corrected chi connectivity index (χ4v) is 4.64. The Balaban J connectivity index is 2.03. The number of hydrogen-bond acceptors (Lipinski definition) is 3. The average Bonchev–Trinajstić information content (AvgIpc) is 2.61. The topological polar surface area (TPSA) is 59.1 Å². The van der Waals surface area contributed by atoms with Gasteiger partial charge in [0.15, 0.2) is 0 Å². The molecule has 4 nitrogen and oxygen atoms in total. The summed E-state index contributed by atoms with van der Waals surface area (Å²) < 4.78 is 29.2. The van der Waals surface area contributed by atoms with Crippen molar-refractivity contribution in [3.05, 3.63) is 93.7 Å². The Morgan fingerprint density at radius 2 is 1.72 bits per heavy atom. The second kappa shape index (κ2) is 7.66. The monoisotopic (exact) mass is 436 g/mol. The van der Waals surface area contributed by atoms with E-state index >= 15 is 0 Å². The molecule has 1 heterocycles. The highest BCUT2D eigenvalue weighted by molar-refractivity contribution is 9.10. The minimum Gasteiger partial charge on any atom is -0.259 e. The predicted molar refractivity (Wildman–Crippen MR) is 102 cm³/mol. The van der Waals surface area contributed by atoms with Crippen molar-refractivity contribution in [3.63, 3.8) is 0 Å². The number of halogens is 2. The molecule has 128 valence electrons. The van der Waals surface area contributed by atoms with Crippen LogP contribution in [0.3, 0.4) is 0 Å². The molecule has 3 rings (SSSR count). The van der Waals surface area contributed by atoms with E-state index in [2.05, 4.69) is 25.6 Å². The normalized spacial score (nSPS) is 12.7. The van der Waals surface area contributed by atoms with Crippen LogP contribution in [0.25, 0.3) is 0 Å². The molecule has 0 bridgehead atoms. The Bertz CT molecular complexity index is 927. The number of aromatic nitrogens is 1. The van der Waals surface area contributed by atoms with Gasteiger partial charge in [-0.25, -0.2) is 8.42 Å². The number of rotatable bonds is 5. The first-order valence-corrected chi connectivity index (χ1v) is 10.1. The fraction of sp³-hybridized carbons (Fsp3) is 0.0556. The molecule has 0 spiro atoms. The standard InChI is InChI=1S/C18H14BrClN2O2S/c19-14-9-10-17(15(20)12-14)25(23,24)22-18(13-6-2-1-3-7-13)16-8-4-5-11-21-16/h1-12,18,22H. The van der Waals surface area contributed by atoms with Crippen LogP contribution in [0.15, 0.2) is 82.3 Å². The summed E-state index contributed by atoms with van der Waals surface area (Å²) in [6.07, 6.45) is 1.63. The minimum atomic E-state index is -3.85. The zero-order chi connectivity index (χ0) is 17.9. The molecule has 7 heteroatoms. The summed E-state index contributed by atoms with van der Waals surface area (Å²) >= 11 is 9.40. The third-order valence-corrected chi connectivity index (χ3v) is 5.97. The van der Waals surface area contributed by atoms with Crippen LogP contribution < -0.4 is 4.72 Å². The lowest BCUT2D eigenvalue weighted by molar-refractivity contribution is 0.570. The lowest BCUT2D eigenvalue weighted by Gasteiger charge is -2.19. The summed E-state index contributed by atoms with van der Waals surface area (Å²) in [5.74, 6) is 0. The molecule has 1 N–H and O–H groups in total. The number of nitrogens with zero attached hydrogens (tertiary/aromatic N) is 1. The third kappa shape index (κ3) is 4.27. The lowest BCUT2D eigenvalue weighted by atomic mass is 10.0. The number of sulfonamides is 1. The van der Waals surface area contributed by atoms with Gasteiger partial charge in [0, 0.05) is 10.7 Å². The van der Waals surface area contributed by atoms with E-state index in [0.717, 1.165) is 5.56 Å². The van der Waals surface area contributed by atoms with Crippen molar-refractivity contribution in [1.29, 1.82) is 0 Å². The number of pyridine rings is 1. The van der Waals surface area contributed by atoms with E-state index in [9.17, 15) is 8.42 Å². The van der Waals surface area contributed by atoms with Crippen molar-refractivity contribution < 1.29 is 8.42 Å². The molecule has 0 radical (unpaired) electrons. The van der Waals surface area contributed by atoms with Gasteiger partial charge in [-0.2, -0.15) is 4.72 Å². The molecule has 0 saturated heterocycles. The van der Waals surface area contributed by atoms with E-state index < -0.39 is 16.1 Å². The van der Waals surface area contributed by atoms with Crippen LogP contribution in [-0.2, 0) is 10.0 Å². The van der Waals surface area contributed by atoms with Crippen molar-refractivity contribution in [1.82, 2.24) is 9.71 Å². The first kappa shape index (κ1) is 18.1. The lowest BCUT2D eigenvalue weighted by Crippen LogP contribution is -2.30. The van der Waals surface area contributed by atoms with Crippen LogP contribution in [0.5, 0.6) is 0 Å². The Labute approximate surface area is 160 Å². The predicted octanol–water partition coefficient (Wildman–Crippen LogP) is 4.57. The first-order valence-electron chi connectivity index (χ1n) is 7.40. The molecule has 3 aromatic rings. The van der Waals surface area contributed by atoms with Gasteiger partial charge in [-0.1, -0.05) is 63.9 Å². The third-order valence-electron chi connectivity index (χ3n) is 3.57. The highest BCUT2D eigenvalue weighted by Crippen LogP contribution is 2.28. The van der Waals surface area contributed by atoms with E-state index in [1.807, 2.05) is 36.4 Å². The summed E-state index contributed by atoms with van der Waals surface area (Å²) in [6.45, 7) is 0. The highest BCUT2D eigenvalue weighted by Gasteiger charge is 2.25. The summed E-state index contributed by atoms with van der Waals surface area (Å²) in [5.41, 5.74) is 1.39. The molecule has 0 saturated carbocycles. The molecule has 0 fully saturated rings. The molecule has 0 aliphatic heterocycles. The molecular weight excluding hydrogens is 424 g/mol. The van der Waals surface area contributed by atoms with Crippen LogP contribution in [-0.4, -0.2) is 13.4 Å². The van der Waals surface area contributed by atoms with Crippen molar-refractivity contribution in [2.24, 2.45) is 0 Å². The molecule has 1 aromatic heterocycles. The maximum absolute atomic E-state index is 12.9. The van der Waals surface area contributed by atoms with Crippen molar-refractivity contribution in [3.8, 4) is 0 Å². The van der Waals surface area contributed by atoms with Crippen molar-refractivity contribution >= 4 is 37.6 Å². The van der Waals surface area contributed by atoms with Crippen molar-refractivity contribution in [2.45, 2.75) is 10.9 Å². The quantitative estimate of drug-likeness (QED) is 0.636. The zero-order valence-electron chi connectivity index (χ0n) is 12.9. The molecule has 0 aliphatic rings. The summed E-state index contributed by atoms with van der Waals surface area (Å²) in [5, 5.41) is 0.148. The van der Waals surface area contributed by atoms with Crippen LogP contribution in [0, 0.1) is 0 Å². The van der Waals surface area contributed by atoms with E-state index in [0.29, 0.717) is 10.2 Å². The van der Waals surface area contributed by atoms with Crippen LogP contribution in [0.4, 0.5) is 0 Å². The van der Waals surface area contributed by atoms with Gasteiger partial charge in [-0.05, 0) is 35.9 Å². The number of benzene rings is 2. The Morgan fingerprint density at radius 3 is 2.36 bits per heavy atom. The van der Waals surface area contributed by atoms with E-state index in [1.54, 1.807) is 30.5 Å². The SMILES string of the molecule is O=S(=O)(NC(c1ccccc1)c1ccccn1)c1ccc(Br)cc1Cl. The van der Waals surface area contributed by atoms with Gasteiger partial charge in [0.1, 0.15) is 4.90 Å². The molecule has 2 aromatic carbocycles. The maximum atomic E-state index is 12.9. The van der Waals surface area contributed by atoms with Crippen molar-refractivity contribution in [2.75, 3.05) is 0 Å². The van der Waals surface area contributed by atoms with Gasteiger partial charge < -0.3 is 0 Å². The van der Waals surface area contributed by atoms with Gasteiger partial charge in [-0.15, -0.1) is 0 Å². The second-order valence-corrected chi connectivity index (χ2v) is 8.30. The Kier molecular flexibility index (Phi) is 5.54. The molecule has 1 atom stereocenters. The van der Waals surface area contributed by atoms with Gasteiger partial charge in [0.2, 0.25) is 10.0 Å². The van der Waals surface area contributed by atoms with Gasteiger partial charge >= 0.3 is 0 Å². The van der Waals surface area contributed by atoms with Crippen LogP contribution >= 0.6 is 27.5 Å². The molecule has 0 aliphatic carbocycles. The smallest absolute Gasteiger partial charge is 0.242 e. The molecule has 25 heavy (non-hydrogen) atoms. The Morgan fingerprint density at radius 1 is 1.00 bits per heavy atom. The molecule has 0 amide bonds. The summed E-state index contributed by atoms with van der Waals surface area (Å²) in [6, 6.07) is 18.7. The van der Waals surface area contributed by atoms with Crippen LogP contribution in [0.2, 0.25) is 5.02 Å². The summed E-state index contributed by atoms with van der Waals surface area (Å²) in [7, 11) is -3.85. The minimum absolute atomic E-state index is 0.0224. The molecule has 1 unspecified atom stereocenters. The second-order valence-electron chi connectivity index (χ2n) is 5.29. The fourth-order valence-electron chi connectivity index (χ4n) is 2.40. The first-order chi connectivity index (χ1) is 12.0. The summed E-state index contributed by atoms with van der Waals surface area (Å²) in [4.78, 5) is 4.32. The van der Waals surface area contributed by atoms with Crippen LogP contribution in [0.1, 0.15) is 17.3 Å². The maximum Gasteiger partial charge on any atom is 0.242 e. The van der Waals surface area contributed by atoms with E-state index in [1.165, 1.54) is 6.07 Å².